The molecule has 0 spiro atoms. The fourth-order valence-electron chi connectivity index (χ4n) is 4.01. The summed E-state index contributed by atoms with van der Waals surface area (Å²) in [5.74, 6) is -2.05. The van der Waals surface area contributed by atoms with E-state index < -0.39 is 21.8 Å². The first-order valence-electron chi connectivity index (χ1n) is 10.1. The Hall–Kier alpha value is -2.82. The second-order valence-electron chi connectivity index (χ2n) is 7.63. The van der Waals surface area contributed by atoms with Crippen LogP contribution in [0.15, 0.2) is 35.2 Å². The van der Waals surface area contributed by atoms with Crippen molar-refractivity contribution in [2.45, 2.75) is 24.2 Å². The number of carbonyl (C=O) groups excluding carboxylic acids is 2. The van der Waals surface area contributed by atoms with Gasteiger partial charge in [0.15, 0.2) is 5.78 Å². The highest BCUT2D eigenvalue weighted by Crippen LogP contribution is 2.40. The molecule has 1 heterocycles. The van der Waals surface area contributed by atoms with E-state index in [9.17, 15) is 22.4 Å². The van der Waals surface area contributed by atoms with Gasteiger partial charge in [0.1, 0.15) is 22.9 Å². The molecule has 2 aromatic carbocycles. The number of nitrogens with zero attached hydrogens (tertiary/aromatic N) is 1. The molecule has 0 aromatic heterocycles. The second-order valence-corrected chi connectivity index (χ2v) is 9.57. The predicted octanol–water partition coefficient (Wildman–Crippen LogP) is 2.76. The second kappa shape index (κ2) is 8.61. The van der Waals surface area contributed by atoms with Gasteiger partial charge in [-0.15, -0.1) is 0 Å². The molecule has 1 fully saturated rings. The monoisotopic (exact) mass is 463 g/mol. The topological polar surface area (TPSA) is 99.2 Å². The summed E-state index contributed by atoms with van der Waals surface area (Å²) in [6.45, 7) is 2.70. The van der Waals surface area contributed by atoms with Gasteiger partial charge in [0.05, 0.1) is 30.8 Å². The van der Waals surface area contributed by atoms with Gasteiger partial charge in [0, 0.05) is 25.1 Å². The molecule has 0 N–H and O–H groups in total. The number of fused-ring (bicyclic) bond motifs is 1. The number of methoxy groups -OCH3 is 1. The molecule has 1 aliphatic heterocycles. The molecule has 1 atom stereocenters. The number of esters is 1. The maximum Gasteiger partial charge on any atom is 0.347 e. The van der Waals surface area contributed by atoms with Crippen LogP contribution in [0.4, 0.5) is 4.39 Å². The normalized spacial score (nSPS) is 19.0. The van der Waals surface area contributed by atoms with Crippen LogP contribution >= 0.6 is 0 Å². The zero-order valence-electron chi connectivity index (χ0n) is 17.6. The van der Waals surface area contributed by atoms with Crippen molar-refractivity contribution < 1.29 is 36.6 Å². The number of Topliss-reactive ketones (excluding diaryl/α,β-unsaturated/α-hetero) is 1. The van der Waals surface area contributed by atoms with Crippen LogP contribution in [0.1, 0.15) is 45.5 Å². The van der Waals surface area contributed by atoms with Crippen LogP contribution in [0, 0.1) is 5.82 Å². The van der Waals surface area contributed by atoms with Crippen LogP contribution in [0.25, 0.3) is 0 Å². The summed E-state index contributed by atoms with van der Waals surface area (Å²) < 4.78 is 57.3. The highest BCUT2D eigenvalue weighted by molar-refractivity contribution is 7.89. The van der Waals surface area contributed by atoms with Gasteiger partial charge in [-0.2, -0.15) is 4.31 Å². The summed E-state index contributed by atoms with van der Waals surface area (Å²) in [4.78, 5) is 25.3. The first kappa shape index (κ1) is 22.4. The summed E-state index contributed by atoms with van der Waals surface area (Å²) in [6, 6.07) is 6.27. The highest BCUT2D eigenvalue weighted by atomic mass is 32.2. The van der Waals surface area contributed by atoms with E-state index in [1.807, 2.05) is 0 Å². The van der Waals surface area contributed by atoms with E-state index in [4.69, 9.17) is 14.2 Å². The van der Waals surface area contributed by atoms with Crippen molar-refractivity contribution in [2.24, 2.45) is 0 Å². The smallest absolute Gasteiger partial charge is 0.347 e. The zero-order chi connectivity index (χ0) is 23.0. The Morgan fingerprint density at radius 2 is 1.84 bits per heavy atom. The fourth-order valence-corrected chi connectivity index (χ4v) is 5.44. The van der Waals surface area contributed by atoms with Crippen molar-refractivity contribution in [3.63, 3.8) is 0 Å². The summed E-state index contributed by atoms with van der Waals surface area (Å²) in [6.07, 6.45) is 0.122. The average Bonchev–Trinajstić information content (AvgIpc) is 3.10. The molecule has 2 aliphatic rings. The lowest BCUT2D eigenvalue weighted by atomic mass is 10.0. The number of hydrogen-bond acceptors (Lipinski definition) is 7. The van der Waals surface area contributed by atoms with Crippen LogP contribution < -0.4 is 9.47 Å². The molecule has 0 saturated carbocycles. The number of sulfonamides is 1. The molecular weight excluding hydrogens is 441 g/mol. The van der Waals surface area contributed by atoms with Crippen LogP contribution in [-0.2, 0) is 14.8 Å². The van der Waals surface area contributed by atoms with Crippen molar-refractivity contribution in [1.29, 1.82) is 0 Å². The number of carbonyl (C=O) groups is 2. The van der Waals surface area contributed by atoms with Gasteiger partial charge in [-0.25, -0.2) is 17.6 Å². The Morgan fingerprint density at radius 3 is 2.53 bits per heavy atom. The molecule has 10 heteroatoms. The summed E-state index contributed by atoms with van der Waals surface area (Å²) in [5.41, 5.74) is 0.135. The molecule has 0 bridgehead atoms. The predicted molar refractivity (Wildman–Crippen MR) is 111 cm³/mol. The minimum Gasteiger partial charge on any atom is -0.496 e. The van der Waals surface area contributed by atoms with E-state index >= 15 is 0 Å². The number of hydrogen-bond donors (Lipinski definition) is 0. The van der Waals surface area contributed by atoms with Gasteiger partial charge < -0.3 is 14.2 Å². The minimum atomic E-state index is -3.86. The lowest BCUT2D eigenvalue weighted by Crippen LogP contribution is -2.40. The van der Waals surface area contributed by atoms with E-state index in [-0.39, 0.29) is 77.5 Å². The van der Waals surface area contributed by atoms with Crippen molar-refractivity contribution >= 4 is 21.8 Å². The number of halogens is 1. The van der Waals surface area contributed by atoms with Crippen LogP contribution in [0.5, 0.6) is 11.5 Å². The third-order valence-electron chi connectivity index (χ3n) is 5.62. The number of benzene rings is 2. The largest absolute Gasteiger partial charge is 0.496 e. The molecule has 8 nitrogen and oxygen atoms in total. The van der Waals surface area contributed by atoms with Crippen LogP contribution in [-0.4, -0.2) is 57.9 Å². The van der Waals surface area contributed by atoms with Crippen molar-refractivity contribution in [1.82, 2.24) is 4.31 Å². The SMILES string of the molecule is COc1ccc(S(=O)(=O)N2CCOCC2)cc1C(=O)Oc1ccc(F)c2c1C(=O)CC2C. The fraction of sp³-hybridized carbons (Fsp3) is 0.364. The average molecular weight is 463 g/mol. The Morgan fingerprint density at radius 1 is 1.16 bits per heavy atom. The summed E-state index contributed by atoms with van der Waals surface area (Å²) in [7, 11) is -2.52. The lowest BCUT2D eigenvalue weighted by Gasteiger charge is -2.26. The van der Waals surface area contributed by atoms with Gasteiger partial charge in [-0.1, -0.05) is 6.92 Å². The molecular formula is C22H22FNO7S. The summed E-state index contributed by atoms with van der Waals surface area (Å²) in [5, 5.41) is 0. The number of rotatable bonds is 5. The van der Waals surface area contributed by atoms with E-state index in [0.29, 0.717) is 0 Å². The number of ether oxygens (including phenoxy) is 3. The molecule has 1 saturated heterocycles. The van der Waals surface area contributed by atoms with E-state index in [2.05, 4.69) is 0 Å². The quantitative estimate of drug-likeness (QED) is 0.497. The van der Waals surface area contributed by atoms with Crippen LogP contribution in [0.2, 0.25) is 0 Å². The van der Waals surface area contributed by atoms with E-state index in [0.717, 1.165) is 6.07 Å². The Labute approximate surface area is 184 Å². The minimum absolute atomic E-state index is 0.0434. The zero-order valence-corrected chi connectivity index (χ0v) is 18.4. The Balaban J connectivity index is 1.69. The molecule has 170 valence electrons. The Bertz CT molecular complexity index is 1190. The molecule has 0 radical (unpaired) electrons. The standard InChI is InChI=1S/C22H22FNO7S/c1-13-11-17(25)21-19(6-4-16(23)20(13)21)31-22(26)15-12-14(3-5-18(15)29-2)32(27,28)24-7-9-30-10-8-24/h3-6,12-13H,7-11H2,1-2H3. The molecule has 4 rings (SSSR count). The highest BCUT2D eigenvalue weighted by Gasteiger charge is 2.34. The maximum atomic E-state index is 14.2. The van der Waals surface area contributed by atoms with Gasteiger partial charge in [0.25, 0.3) is 0 Å². The first-order chi connectivity index (χ1) is 15.2. The third-order valence-corrected chi connectivity index (χ3v) is 7.51. The molecule has 32 heavy (non-hydrogen) atoms. The van der Waals surface area contributed by atoms with E-state index in [1.54, 1.807) is 6.92 Å². The van der Waals surface area contributed by atoms with Crippen molar-refractivity contribution in [3.05, 3.63) is 52.8 Å². The third kappa shape index (κ3) is 3.89. The van der Waals surface area contributed by atoms with Crippen molar-refractivity contribution in [3.8, 4) is 11.5 Å². The molecule has 0 amide bonds. The summed E-state index contributed by atoms with van der Waals surface area (Å²) >= 11 is 0. The molecule has 1 unspecified atom stereocenters. The molecule has 1 aliphatic carbocycles. The van der Waals surface area contributed by atoms with Gasteiger partial charge in [0.2, 0.25) is 10.0 Å². The lowest BCUT2D eigenvalue weighted by molar-refractivity contribution is 0.0724. The maximum absolute atomic E-state index is 14.2. The van der Waals surface area contributed by atoms with Gasteiger partial charge in [-0.3, -0.25) is 4.79 Å². The van der Waals surface area contributed by atoms with E-state index in [1.165, 1.54) is 35.7 Å². The van der Waals surface area contributed by atoms with Gasteiger partial charge >= 0.3 is 5.97 Å². The van der Waals surface area contributed by atoms with Crippen LogP contribution in [0.3, 0.4) is 0 Å². The molecule has 2 aromatic rings. The number of ketones is 1. The number of morpholine rings is 1. The van der Waals surface area contributed by atoms with Crippen molar-refractivity contribution in [2.75, 3.05) is 33.4 Å². The van der Waals surface area contributed by atoms with Gasteiger partial charge in [-0.05, 0) is 36.2 Å². The first-order valence-corrected chi connectivity index (χ1v) is 11.5. The Kier molecular flexibility index (Phi) is 6.02.